The second-order valence-electron chi connectivity index (χ2n) is 7.47. The Labute approximate surface area is 148 Å². The van der Waals surface area contributed by atoms with Crippen LogP contribution >= 0.6 is 0 Å². The van der Waals surface area contributed by atoms with Crippen LogP contribution in [0.5, 0.6) is 0 Å². The van der Waals surface area contributed by atoms with Crippen molar-refractivity contribution >= 4 is 17.6 Å². The van der Waals surface area contributed by atoms with Crippen molar-refractivity contribution in [2.75, 3.05) is 24.5 Å². The molecule has 3 aliphatic rings. The highest BCUT2D eigenvalue weighted by atomic mass is 16.2. The van der Waals surface area contributed by atoms with Gasteiger partial charge in [0, 0.05) is 31.4 Å². The minimum Gasteiger partial charge on any atom is -0.360 e. The van der Waals surface area contributed by atoms with E-state index in [2.05, 4.69) is 20.9 Å². The van der Waals surface area contributed by atoms with Crippen LogP contribution < -0.4 is 20.9 Å². The highest BCUT2D eigenvalue weighted by molar-refractivity contribution is 5.82. The third-order valence-electron chi connectivity index (χ3n) is 5.35. The fraction of sp³-hybridized carbons (Fsp3) is 0.579. The molecule has 3 N–H and O–H groups in total. The largest absolute Gasteiger partial charge is 0.360 e. The smallest absolute Gasteiger partial charge is 0.315 e. The fourth-order valence-corrected chi connectivity index (χ4v) is 3.60. The van der Waals surface area contributed by atoms with Crippen LogP contribution in [0.25, 0.3) is 0 Å². The quantitative estimate of drug-likeness (QED) is 0.735. The highest BCUT2D eigenvalue weighted by Gasteiger charge is 2.42. The van der Waals surface area contributed by atoms with Gasteiger partial charge in [-0.1, -0.05) is 12.1 Å². The number of urea groups is 1. The maximum absolute atomic E-state index is 12.2. The molecule has 3 fully saturated rings. The van der Waals surface area contributed by atoms with Crippen molar-refractivity contribution in [3.63, 3.8) is 0 Å². The molecule has 25 heavy (non-hydrogen) atoms. The monoisotopic (exact) mass is 342 g/mol. The van der Waals surface area contributed by atoms with Crippen molar-refractivity contribution in [3.05, 3.63) is 29.8 Å². The van der Waals surface area contributed by atoms with Crippen LogP contribution in [0.2, 0.25) is 0 Å². The van der Waals surface area contributed by atoms with Crippen LogP contribution in [-0.2, 0) is 11.3 Å². The summed E-state index contributed by atoms with van der Waals surface area (Å²) in [5.41, 5.74) is 2.11. The molecule has 6 heteroatoms. The van der Waals surface area contributed by atoms with Gasteiger partial charge in [0.25, 0.3) is 0 Å². The first-order valence-electron chi connectivity index (χ1n) is 9.34. The van der Waals surface area contributed by atoms with Crippen molar-refractivity contribution in [1.82, 2.24) is 16.0 Å². The first-order chi connectivity index (χ1) is 12.2. The van der Waals surface area contributed by atoms with Gasteiger partial charge in [-0.3, -0.25) is 4.79 Å². The number of benzene rings is 1. The van der Waals surface area contributed by atoms with E-state index in [1.165, 1.54) is 25.7 Å². The van der Waals surface area contributed by atoms with Crippen LogP contribution in [0.4, 0.5) is 10.5 Å². The Morgan fingerprint density at radius 3 is 2.44 bits per heavy atom. The van der Waals surface area contributed by atoms with Gasteiger partial charge in [-0.05, 0) is 55.2 Å². The molecule has 1 heterocycles. The summed E-state index contributed by atoms with van der Waals surface area (Å²) in [7, 11) is 0. The molecule has 1 saturated heterocycles. The zero-order valence-electron chi connectivity index (χ0n) is 14.5. The molecule has 2 saturated carbocycles. The number of hydrogen-bond donors (Lipinski definition) is 3. The lowest BCUT2D eigenvalue weighted by Crippen LogP contribution is -2.47. The third-order valence-corrected chi connectivity index (χ3v) is 5.35. The summed E-state index contributed by atoms with van der Waals surface area (Å²) >= 11 is 0. The lowest BCUT2D eigenvalue weighted by Gasteiger charge is -2.28. The zero-order chi connectivity index (χ0) is 17.2. The fourth-order valence-electron chi connectivity index (χ4n) is 3.60. The molecular weight excluding hydrogens is 316 g/mol. The molecule has 0 unspecified atom stereocenters. The van der Waals surface area contributed by atoms with Gasteiger partial charge in [-0.25, -0.2) is 4.79 Å². The van der Waals surface area contributed by atoms with Crippen LogP contribution in [0, 0.1) is 11.8 Å². The first-order valence-corrected chi connectivity index (χ1v) is 9.34. The van der Waals surface area contributed by atoms with E-state index in [1.807, 2.05) is 24.3 Å². The van der Waals surface area contributed by atoms with Gasteiger partial charge in [0.1, 0.15) is 0 Å². The molecule has 1 aromatic carbocycles. The van der Waals surface area contributed by atoms with Crippen molar-refractivity contribution in [1.29, 1.82) is 0 Å². The number of carbonyl (C=O) groups is 2. The summed E-state index contributed by atoms with van der Waals surface area (Å²) in [6, 6.07) is 8.39. The molecule has 3 amide bonds. The van der Waals surface area contributed by atoms with E-state index in [9.17, 15) is 9.59 Å². The number of nitrogens with one attached hydrogen (secondary N) is 3. The SMILES string of the molecule is O=C1CN(c2ccc(CNC(=O)NC(C3CC3)C3CC3)cc2)CCN1. The molecule has 6 nitrogen and oxygen atoms in total. The summed E-state index contributed by atoms with van der Waals surface area (Å²) in [6.45, 7) is 2.44. The van der Waals surface area contributed by atoms with Gasteiger partial charge in [0.2, 0.25) is 5.91 Å². The number of hydrogen-bond acceptors (Lipinski definition) is 3. The zero-order valence-corrected chi connectivity index (χ0v) is 14.5. The van der Waals surface area contributed by atoms with Crippen molar-refractivity contribution in [2.45, 2.75) is 38.3 Å². The lowest BCUT2D eigenvalue weighted by molar-refractivity contribution is -0.120. The summed E-state index contributed by atoms with van der Waals surface area (Å²) in [4.78, 5) is 25.7. The minimum atomic E-state index is -0.0550. The summed E-state index contributed by atoms with van der Waals surface area (Å²) in [5, 5.41) is 8.98. The van der Waals surface area contributed by atoms with Crippen LogP contribution in [0.15, 0.2) is 24.3 Å². The van der Waals surface area contributed by atoms with E-state index in [0.29, 0.717) is 37.5 Å². The molecule has 1 aromatic rings. The summed E-state index contributed by atoms with van der Waals surface area (Å²) in [6.07, 6.45) is 5.05. The van der Waals surface area contributed by atoms with E-state index >= 15 is 0 Å². The highest BCUT2D eigenvalue weighted by Crippen LogP contribution is 2.44. The Kier molecular flexibility index (Phi) is 4.51. The summed E-state index contributed by atoms with van der Waals surface area (Å²) < 4.78 is 0. The average Bonchev–Trinajstić information content (AvgIpc) is 3.51. The van der Waals surface area contributed by atoms with Gasteiger partial charge in [-0.15, -0.1) is 0 Å². The van der Waals surface area contributed by atoms with E-state index < -0.39 is 0 Å². The van der Waals surface area contributed by atoms with Gasteiger partial charge < -0.3 is 20.9 Å². The number of piperazine rings is 1. The maximum atomic E-state index is 12.2. The van der Waals surface area contributed by atoms with Gasteiger partial charge in [0.15, 0.2) is 0 Å². The van der Waals surface area contributed by atoms with Crippen LogP contribution in [-0.4, -0.2) is 37.6 Å². The number of nitrogens with zero attached hydrogens (tertiary/aromatic N) is 1. The summed E-state index contributed by atoms with van der Waals surface area (Å²) in [5.74, 6) is 1.48. The Morgan fingerprint density at radius 2 is 1.84 bits per heavy atom. The Morgan fingerprint density at radius 1 is 1.16 bits per heavy atom. The topological polar surface area (TPSA) is 73.5 Å². The van der Waals surface area contributed by atoms with E-state index in [1.54, 1.807) is 0 Å². The Balaban J connectivity index is 1.26. The van der Waals surface area contributed by atoms with Crippen molar-refractivity contribution in [3.8, 4) is 0 Å². The first kappa shape index (κ1) is 16.2. The number of carbonyl (C=O) groups excluding carboxylic acids is 2. The molecule has 134 valence electrons. The van der Waals surface area contributed by atoms with E-state index in [4.69, 9.17) is 0 Å². The number of amides is 3. The van der Waals surface area contributed by atoms with Crippen molar-refractivity contribution in [2.24, 2.45) is 11.8 Å². The lowest BCUT2D eigenvalue weighted by atomic mass is 10.1. The molecule has 0 radical (unpaired) electrons. The molecule has 1 aliphatic heterocycles. The number of anilines is 1. The average molecular weight is 342 g/mol. The Hall–Kier alpha value is -2.24. The molecule has 0 aromatic heterocycles. The third kappa shape index (κ3) is 4.24. The van der Waals surface area contributed by atoms with Gasteiger partial charge >= 0.3 is 6.03 Å². The molecular formula is C19H26N4O2. The minimum absolute atomic E-state index is 0.0550. The Bertz CT molecular complexity index is 625. The maximum Gasteiger partial charge on any atom is 0.315 e. The predicted molar refractivity (Wildman–Crippen MR) is 96.3 cm³/mol. The second-order valence-corrected chi connectivity index (χ2v) is 7.47. The molecule has 0 spiro atoms. The van der Waals surface area contributed by atoms with Gasteiger partial charge in [-0.2, -0.15) is 0 Å². The molecule has 4 rings (SSSR count). The van der Waals surface area contributed by atoms with Crippen molar-refractivity contribution < 1.29 is 9.59 Å². The number of rotatable bonds is 6. The van der Waals surface area contributed by atoms with E-state index in [-0.39, 0.29) is 11.9 Å². The van der Waals surface area contributed by atoms with Crippen LogP contribution in [0.1, 0.15) is 31.2 Å². The molecule has 0 atom stereocenters. The van der Waals surface area contributed by atoms with E-state index in [0.717, 1.165) is 17.8 Å². The van der Waals surface area contributed by atoms with Crippen LogP contribution in [0.3, 0.4) is 0 Å². The molecule has 0 bridgehead atoms. The van der Waals surface area contributed by atoms with Gasteiger partial charge in [0.05, 0.1) is 6.54 Å². The second kappa shape index (κ2) is 6.94. The predicted octanol–water partition coefficient (Wildman–Crippen LogP) is 1.61. The normalized spacial score (nSPS) is 20.4. The standard InChI is InChI=1S/C19H26N4O2/c24-17-12-23(10-9-20-17)16-7-1-13(2-8-16)11-21-19(25)22-18(14-3-4-14)15-5-6-15/h1-2,7-8,14-15,18H,3-6,9-12H2,(H,20,24)(H2,21,22,25). The molecule has 2 aliphatic carbocycles.